The smallest absolute Gasteiger partial charge is 0.341 e. The van der Waals surface area contributed by atoms with Crippen LogP contribution in [0.5, 0.6) is 5.75 Å². The summed E-state index contributed by atoms with van der Waals surface area (Å²) in [5, 5.41) is 3.34. The SMILES string of the molecule is CCOC(=O)c1c(NC(=O)COc2ccc(C(C)(C)CC(C)(C)C)cc2)sc(C)c1-c1ccccc1. The minimum atomic E-state index is -0.453. The van der Waals surface area contributed by atoms with Crippen LogP contribution >= 0.6 is 11.3 Å². The molecule has 0 spiro atoms. The average molecular weight is 508 g/mol. The molecule has 0 unspecified atom stereocenters. The molecule has 0 aliphatic carbocycles. The molecule has 0 bridgehead atoms. The maximum atomic E-state index is 12.8. The second-order valence-electron chi connectivity index (χ2n) is 10.8. The molecule has 1 heterocycles. The number of carbonyl (C=O) groups excluding carboxylic acids is 2. The molecule has 36 heavy (non-hydrogen) atoms. The molecule has 0 aliphatic heterocycles. The van der Waals surface area contributed by atoms with Gasteiger partial charge < -0.3 is 14.8 Å². The fourth-order valence-electron chi connectivity index (χ4n) is 4.73. The fourth-order valence-corrected chi connectivity index (χ4v) is 5.81. The number of thiophene rings is 1. The van der Waals surface area contributed by atoms with Gasteiger partial charge >= 0.3 is 5.97 Å². The maximum absolute atomic E-state index is 12.8. The molecule has 0 aliphatic rings. The number of carbonyl (C=O) groups is 2. The number of rotatable bonds is 9. The lowest BCUT2D eigenvalue weighted by Crippen LogP contribution is -2.24. The highest BCUT2D eigenvalue weighted by molar-refractivity contribution is 7.17. The van der Waals surface area contributed by atoms with Gasteiger partial charge in [-0.15, -0.1) is 11.3 Å². The summed E-state index contributed by atoms with van der Waals surface area (Å²) in [5.41, 5.74) is 3.55. The first kappa shape index (κ1) is 27.5. The number of ether oxygens (including phenoxy) is 2. The van der Waals surface area contributed by atoms with Gasteiger partial charge in [0.2, 0.25) is 0 Å². The Morgan fingerprint density at radius 3 is 2.17 bits per heavy atom. The molecule has 1 N–H and O–H groups in total. The molecule has 1 aromatic heterocycles. The standard InChI is InChI=1S/C30H37NO4S/c1-8-34-28(33)26-25(21-12-10-9-11-13-21)20(2)36-27(26)31-24(32)18-35-23-16-14-22(15-17-23)30(6,7)19-29(3,4)5/h9-17H,8,18-19H2,1-7H3,(H,31,32). The lowest BCUT2D eigenvalue weighted by atomic mass is 9.72. The lowest BCUT2D eigenvalue weighted by molar-refractivity contribution is -0.118. The molecular formula is C30H37NO4S. The Balaban J connectivity index is 1.72. The summed E-state index contributed by atoms with van der Waals surface area (Å²) >= 11 is 1.36. The Kier molecular flexibility index (Phi) is 8.62. The summed E-state index contributed by atoms with van der Waals surface area (Å²) in [6.07, 6.45) is 1.05. The second kappa shape index (κ2) is 11.3. The van der Waals surface area contributed by atoms with Crippen LogP contribution in [0.1, 0.15) is 68.8 Å². The molecule has 2 aromatic carbocycles. The summed E-state index contributed by atoms with van der Waals surface area (Å²) in [7, 11) is 0. The van der Waals surface area contributed by atoms with Gasteiger partial charge in [-0.3, -0.25) is 4.79 Å². The monoisotopic (exact) mass is 507 g/mol. The minimum Gasteiger partial charge on any atom is -0.484 e. The quantitative estimate of drug-likeness (QED) is 0.302. The van der Waals surface area contributed by atoms with Crippen molar-refractivity contribution >= 4 is 28.2 Å². The highest BCUT2D eigenvalue weighted by atomic mass is 32.1. The Bertz CT molecular complexity index is 1190. The van der Waals surface area contributed by atoms with E-state index in [2.05, 4.69) is 52.1 Å². The molecule has 0 saturated carbocycles. The van der Waals surface area contributed by atoms with Crippen LogP contribution in [0.25, 0.3) is 11.1 Å². The maximum Gasteiger partial charge on any atom is 0.341 e. The Labute approximate surface area is 218 Å². The third-order valence-corrected chi connectivity index (χ3v) is 6.88. The number of amides is 1. The van der Waals surface area contributed by atoms with E-state index in [4.69, 9.17) is 9.47 Å². The largest absolute Gasteiger partial charge is 0.484 e. The predicted molar refractivity (Wildman–Crippen MR) is 148 cm³/mol. The van der Waals surface area contributed by atoms with Gasteiger partial charge in [0.1, 0.15) is 16.3 Å². The van der Waals surface area contributed by atoms with E-state index < -0.39 is 5.97 Å². The Hall–Kier alpha value is -3.12. The minimum absolute atomic E-state index is 0.0329. The lowest BCUT2D eigenvalue weighted by Gasteiger charge is -2.33. The zero-order valence-corrected chi connectivity index (χ0v) is 23.2. The first-order valence-corrected chi connectivity index (χ1v) is 13.1. The van der Waals surface area contributed by atoms with E-state index in [1.54, 1.807) is 6.92 Å². The van der Waals surface area contributed by atoms with Crippen molar-refractivity contribution in [3.8, 4) is 16.9 Å². The molecular weight excluding hydrogens is 470 g/mol. The van der Waals surface area contributed by atoms with E-state index in [-0.39, 0.29) is 30.0 Å². The summed E-state index contributed by atoms with van der Waals surface area (Å²) < 4.78 is 11.1. The van der Waals surface area contributed by atoms with Crippen LogP contribution in [-0.2, 0) is 14.9 Å². The third kappa shape index (κ3) is 6.97. The summed E-state index contributed by atoms with van der Waals surface area (Å²) in [6.45, 7) is 15.0. The molecule has 6 heteroatoms. The molecule has 5 nitrogen and oxygen atoms in total. The summed E-state index contributed by atoms with van der Waals surface area (Å²) in [4.78, 5) is 26.5. The molecule has 192 valence electrons. The topological polar surface area (TPSA) is 64.6 Å². The van der Waals surface area contributed by atoms with Crippen LogP contribution in [0.2, 0.25) is 0 Å². The summed E-state index contributed by atoms with van der Waals surface area (Å²) in [5.74, 6) is -0.164. The highest BCUT2D eigenvalue weighted by Crippen LogP contribution is 2.40. The van der Waals surface area contributed by atoms with Gasteiger partial charge in [-0.25, -0.2) is 4.79 Å². The van der Waals surface area contributed by atoms with Crippen molar-refractivity contribution in [3.05, 3.63) is 70.6 Å². The van der Waals surface area contributed by atoms with Crippen molar-refractivity contribution in [2.45, 2.75) is 60.3 Å². The van der Waals surface area contributed by atoms with Crippen LogP contribution in [-0.4, -0.2) is 25.1 Å². The van der Waals surface area contributed by atoms with E-state index in [1.165, 1.54) is 16.9 Å². The number of esters is 1. The zero-order valence-electron chi connectivity index (χ0n) is 22.4. The first-order chi connectivity index (χ1) is 16.9. The Morgan fingerprint density at radius 1 is 0.944 bits per heavy atom. The van der Waals surface area contributed by atoms with Gasteiger partial charge in [-0.1, -0.05) is 77.1 Å². The molecule has 0 saturated heterocycles. The van der Waals surface area contributed by atoms with E-state index in [0.717, 1.165) is 22.4 Å². The number of benzene rings is 2. The molecule has 0 radical (unpaired) electrons. The van der Waals surface area contributed by atoms with Crippen molar-refractivity contribution < 1.29 is 19.1 Å². The van der Waals surface area contributed by atoms with Crippen molar-refractivity contribution in [2.75, 3.05) is 18.5 Å². The van der Waals surface area contributed by atoms with Gasteiger partial charge in [0.25, 0.3) is 5.91 Å². The Morgan fingerprint density at radius 2 is 1.58 bits per heavy atom. The second-order valence-corrected chi connectivity index (χ2v) is 12.0. The molecule has 0 fully saturated rings. The molecule has 1 amide bonds. The number of aryl methyl sites for hydroxylation is 1. The molecule has 3 aromatic rings. The van der Waals surface area contributed by atoms with E-state index in [9.17, 15) is 9.59 Å². The van der Waals surface area contributed by atoms with Crippen molar-refractivity contribution in [1.82, 2.24) is 0 Å². The van der Waals surface area contributed by atoms with Crippen molar-refractivity contribution in [3.63, 3.8) is 0 Å². The fraction of sp³-hybridized carbons (Fsp3) is 0.400. The van der Waals surface area contributed by atoms with Gasteiger partial charge in [-0.2, -0.15) is 0 Å². The van der Waals surface area contributed by atoms with Gasteiger partial charge in [0.05, 0.1) is 6.61 Å². The predicted octanol–water partition coefficient (Wildman–Crippen LogP) is 7.63. The van der Waals surface area contributed by atoms with Gasteiger partial charge in [0.15, 0.2) is 6.61 Å². The number of nitrogens with one attached hydrogen (secondary N) is 1. The zero-order chi connectivity index (χ0) is 26.5. The van der Waals surface area contributed by atoms with Crippen molar-refractivity contribution in [2.24, 2.45) is 5.41 Å². The number of hydrogen-bond acceptors (Lipinski definition) is 5. The number of anilines is 1. The van der Waals surface area contributed by atoms with Crippen LogP contribution in [0.3, 0.4) is 0 Å². The average Bonchev–Trinajstić information content (AvgIpc) is 3.12. The van der Waals surface area contributed by atoms with Crippen LogP contribution < -0.4 is 10.1 Å². The third-order valence-electron chi connectivity index (χ3n) is 5.86. The van der Waals surface area contributed by atoms with E-state index >= 15 is 0 Å². The van der Waals surface area contributed by atoms with Crippen molar-refractivity contribution in [1.29, 1.82) is 0 Å². The normalized spacial score (nSPS) is 11.8. The molecule has 0 atom stereocenters. The first-order valence-electron chi connectivity index (χ1n) is 12.3. The van der Waals surface area contributed by atoms with Gasteiger partial charge in [0, 0.05) is 10.4 Å². The van der Waals surface area contributed by atoms with E-state index in [0.29, 0.717) is 16.3 Å². The van der Waals surface area contributed by atoms with E-state index in [1.807, 2.05) is 49.4 Å². The van der Waals surface area contributed by atoms with Gasteiger partial charge in [-0.05, 0) is 54.4 Å². The van der Waals surface area contributed by atoms with Crippen LogP contribution in [0, 0.1) is 12.3 Å². The number of hydrogen-bond donors (Lipinski definition) is 1. The molecule has 3 rings (SSSR count). The summed E-state index contributed by atoms with van der Waals surface area (Å²) in [6, 6.07) is 17.6. The highest BCUT2D eigenvalue weighted by Gasteiger charge is 2.28. The van der Waals surface area contributed by atoms with Crippen LogP contribution in [0.15, 0.2) is 54.6 Å². The van der Waals surface area contributed by atoms with Crippen LogP contribution in [0.4, 0.5) is 5.00 Å².